The number of carbonyl (C=O) groups is 2. The van der Waals surface area contributed by atoms with E-state index in [9.17, 15) is 9.59 Å². The van der Waals surface area contributed by atoms with Gasteiger partial charge in [0.05, 0.1) is 20.1 Å². The van der Waals surface area contributed by atoms with Crippen molar-refractivity contribution in [3.8, 4) is 11.5 Å². The van der Waals surface area contributed by atoms with Crippen molar-refractivity contribution in [3.05, 3.63) is 23.8 Å². The number of rotatable bonds is 9. The minimum absolute atomic E-state index is 0.00424. The summed E-state index contributed by atoms with van der Waals surface area (Å²) in [5, 5.41) is 2.92. The average Bonchev–Trinajstić information content (AvgIpc) is 3.00. The molecular weight excluding hydrogens is 320 g/mol. The van der Waals surface area contributed by atoms with E-state index in [1.807, 2.05) is 18.2 Å². The zero-order valence-electron chi connectivity index (χ0n) is 15.3. The Morgan fingerprint density at radius 2 is 2.04 bits per heavy atom. The van der Waals surface area contributed by atoms with Crippen LogP contribution in [0.25, 0.3) is 0 Å². The SMILES string of the molecule is CCCCNC(=O)[C@@H]1CC(=O)N(CCc2ccc(OC)c(OC)c2)C1. The predicted molar refractivity (Wildman–Crippen MR) is 95.9 cm³/mol. The van der Waals surface area contributed by atoms with Crippen LogP contribution < -0.4 is 14.8 Å². The molecule has 1 saturated heterocycles. The lowest BCUT2D eigenvalue weighted by molar-refractivity contribution is -0.129. The number of hydrogen-bond acceptors (Lipinski definition) is 4. The fourth-order valence-corrected chi connectivity index (χ4v) is 3.00. The Morgan fingerprint density at radius 1 is 1.28 bits per heavy atom. The Hall–Kier alpha value is -2.24. The van der Waals surface area contributed by atoms with Gasteiger partial charge in [0.2, 0.25) is 11.8 Å². The number of nitrogens with zero attached hydrogens (tertiary/aromatic N) is 1. The molecule has 6 heteroatoms. The molecule has 0 bridgehead atoms. The number of likely N-dealkylation sites (tertiary alicyclic amines) is 1. The molecule has 0 spiro atoms. The smallest absolute Gasteiger partial charge is 0.225 e. The van der Waals surface area contributed by atoms with Crippen LogP contribution in [0.15, 0.2) is 18.2 Å². The van der Waals surface area contributed by atoms with Gasteiger partial charge < -0.3 is 19.7 Å². The van der Waals surface area contributed by atoms with Gasteiger partial charge in [0.1, 0.15) is 0 Å². The summed E-state index contributed by atoms with van der Waals surface area (Å²) in [6, 6.07) is 5.76. The lowest BCUT2D eigenvalue weighted by Crippen LogP contribution is -2.34. The monoisotopic (exact) mass is 348 g/mol. The van der Waals surface area contributed by atoms with Crippen LogP contribution in [0.5, 0.6) is 11.5 Å². The minimum Gasteiger partial charge on any atom is -0.493 e. The normalized spacial score (nSPS) is 16.8. The molecule has 1 heterocycles. The van der Waals surface area contributed by atoms with Gasteiger partial charge in [0.15, 0.2) is 11.5 Å². The molecule has 1 aliphatic rings. The van der Waals surface area contributed by atoms with Gasteiger partial charge in [-0.1, -0.05) is 19.4 Å². The molecule has 1 aliphatic heterocycles. The van der Waals surface area contributed by atoms with Gasteiger partial charge >= 0.3 is 0 Å². The lowest BCUT2D eigenvalue weighted by atomic mass is 10.1. The van der Waals surface area contributed by atoms with Gasteiger partial charge in [-0.2, -0.15) is 0 Å². The first-order valence-corrected chi connectivity index (χ1v) is 8.85. The molecule has 0 radical (unpaired) electrons. The molecule has 0 aliphatic carbocycles. The molecule has 2 amide bonds. The minimum atomic E-state index is -0.227. The summed E-state index contributed by atoms with van der Waals surface area (Å²) in [5.74, 6) is 1.19. The highest BCUT2D eigenvalue weighted by Gasteiger charge is 2.33. The third kappa shape index (κ3) is 5.11. The predicted octanol–water partition coefficient (Wildman–Crippen LogP) is 2.01. The molecule has 1 fully saturated rings. The fourth-order valence-electron chi connectivity index (χ4n) is 3.00. The molecule has 1 aromatic rings. The van der Waals surface area contributed by atoms with Crippen LogP contribution in [-0.2, 0) is 16.0 Å². The highest BCUT2D eigenvalue weighted by molar-refractivity contribution is 5.89. The molecule has 1 N–H and O–H groups in total. The molecule has 2 rings (SSSR count). The summed E-state index contributed by atoms with van der Waals surface area (Å²) in [4.78, 5) is 26.1. The van der Waals surface area contributed by atoms with Crippen LogP contribution >= 0.6 is 0 Å². The van der Waals surface area contributed by atoms with Crippen LogP contribution in [0, 0.1) is 5.92 Å². The van der Waals surface area contributed by atoms with Gasteiger partial charge in [-0.3, -0.25) is 9.59 Å². The zero-order valence-corrected chi connectivity index (χ0v) is 15.3. The van der Waals surface area contributed by atoms with E-state index in [0.717, 1.165) is 24.8 Å². The number of carbonyl (C=O) groups excluding carboxylic acids is 2. The van der Waals surface area contributed by atoms with Crippen molar-refractivity contribution in [1.29, 1.82) is 0 Å². The summed E-state index contributed by atoms with van der Waals surface area (Å²) < 4.78 is 10.5. The molecule has 6 nitrogen and oxygen atoms in total. The Balaban J connectivity index is 1.87. The second kappa shape index (κ2) is 9.30. The van der Waals surface area contributed by atoms with Crippen LogP contribution in [0.3, 0.4) is 0 Å². The highest BCUT2D eigenvalue weighted by atomic mass is 16.5. The Labute approximate surface area is 149 Å². The van der Waals surface area contributed by atoms with E-state index in [0.29, 0.717) is 37.6 Å². The van der Waals surface area contributed by atoms with E-state index in [1.165, 1.54) is 0 Å². The Kier molecular flexibility index (Phi) is 7.10. The average molecular weight is 348 g/mol. The summed E-state index contributed by atoms with van der Waals surface area (Å²) in [5.41, 5.74) is 1.07. The van der Waals surface area contributed by atoms with E-state index < -0.39 is 0 Å². The van der Waals surface area contributed by atoms with Crippen molar-refractivity contribution < 1.29 is 19.1 Å². The summed E-state index contributed by atoms with van der Waals surface area (Å²) >= 11 is 0. The summed E-state index contributed by atoms with van der Waals surface area (Å²) in [6.45, 7) is 3.88. The first-order valence-electron chi connectivity index (χ1n) is 8.85. The second-order valence-electron chi connectivity index (χ2n) is 6.32. The molecule has 0 saturated carbocycles. The zero-order chi connectivity index (χ0) is 18.2. The maximum atomic E-state index is 12.2. The van der Waals surface area contributed by atoms with Gasteiger partial charge in [-0.25, -0.2) is 0 Å². The molecule has 138 valence electrons. The number of amides is 2. The first-order chi connectivity index (χ1) is 12.1. The van der Waals surface area contributed by atoms with E-state index >= 15 is 0 Å². The fraction of sp³-hybridized carbons (Fsp3) is 0.579. The Bertz CT molecular complexity index is 603. The third-order valence-electron chi connectivity index (χ3n) is 4.53. The summed E-state index contributed by atoms with van der Waals surface area (Å²) in [6.07, 6.45) is 3.04. The van der Waals surface area contributed by atoms with E-state index in [4.69, 9.17) is 9.47 Å². The molecule has 25 heavy (non-hydrogen) atoms. The van der Waals surface area contributed by atoms with Crippen molar-refractivity contribution in [1.82, 2.24) is 10.2 Å². The van der Waals surface area contributed by atoms with Crippen molar-refractivity contribution in [3.63, 3.8) is 0 Å². The summed E-state index contributed by atoms with van der Waals surface area (Å²) in [7, 11) is 3.21. The lowest BCUT2D eigenvalue weighted by Gasteiger charge is -2.17. The van der Waals surface area contributed by atoms with Gasteiger partial charge in [0, 0.05) is 26.1 Å². The molecule has 0 unspecified atom stereocenters. The maximum absolute atomic E-state index is 12.2. The number of unbranched alkanes of at least 4 members (excludes halogenated alkanes) is 1. The molecule has 1 aromatic carbocycles. The van der Waals surface area contributed by atoms with E-state index in [1.54, 1.807) is 19.1 Å². The van der Waals surface area contributed by atoms with Crippen LogP contribution in [0.1, 0.15) is 31.7 Å². The van der Waals surface area contributed by atoms with E-state index in [-0.39, 0.29) is 17.7 Å². The molecule has 0 aromatic heterocycles. The standard InChI is InChI=1S/C19H28N2O4/c1-4-5-9-20-19(23)15-12-18(22)21(13-15)10-8-14-6-7-16(24-2)17(11-14)25-3/h6-7,11,15H,4-5,8-10,12-13H2,1-3H3,(H,20,23)/t15-/m1/s1. The molecule has 1 atom stereocenters. The van der Waals surface area contributed by atoms with Gasteiger partial charge in [-0.05, 0) is 30.5 Å². The van der Waals surface area contributed by atoms with Crippen LogP contribution in [0.4, 0.5) is 0 Å². The van der Waals surface area contributed by atoms with Gasteiger partial charge in [-0.15, -0.1) is 0 Å². The highest BCUT2D eigenvalue weighted by Crippen LogP contribution is 2.28. The molecular formula is C19H28N2O4. The van der Waals surface area contributed by atoms with Crippen molar-refractivity contribution in [2.24, 2.45) is 5.92 Å². The maximum Gasteiger partial charge on any atom is 0.225 e. The van der Waals surface area contributed by atoms with Gasteiger partial charge in [0.25, 0.3) is 0 Å². The largest absolute Gasteiger partial charge is 0.493 e. The van der Waals surface area contributed by atoms with Crippen molar-refractivity contribution in [2.75, 3.05) is 33.9 Å². The topological polar surface area (TPSA) is 67.9 Å². The quantitative estimate of drug-likeness (QED) is 0.693. The number of ether oxygens (including phenoxy) is 2. The van der Waals surface area contributed by atoms with Crippen LogP contribution in [0.2, 0.25) is 0 Å². The number of nitrogens with one attached hydrogen (secondary N) is 1. The van der Waals surface area contributed by atoms with Crippen molar-refractivity contribution >= 4 is 11.8 Å². The third-order valence-corrected chi connectivity index (χ3v) is 4.53. The first kappa shape index (κ1) is 19.1. The Morgan fingerprint density at radius 3 is 2.72 bits per heavy atom. The second-order valence-corrected chi connectivity index (χ2v) is 6.32. The number of hydrogen-bond donors (Lipinski definition) is 1. The van der Waals surface area contributed by atoms with Crippen molar-refractivity contribution in [2.45, 2.75) is 32.6 Å². The number of methoxy groups -OCH3 is 2. The van der Waals surface area contributed by atoms with Crippen LogP contribution in [-0.4, -0.2) is 50.6 Å². The number of benzene rings is 1. The van der Waals surface area contributed by atoms with E-state index in [2.05, 4.69) is 12.2 Å².